The maximum atomic E-state index is 5.79. The molecule has 0 fully saturated rings. The Kier molecular flexibility index (Phi) is 12.3. The summed E-state index contributed by atoms with van der Waals surface area (Å²) in [6.45, 7) is 8.92. The lowest BCUT2D eigenvalue weighted by Crippen LogP contribution is -2.01. The molecule has 0 aliphatic heterocycles. The highest BCUT2D eigenvalue weighted by Crippen LogP contribution is 2.20. The maximum absolute atomic E-state index is 5.79. The zero-order chi connectivity index (χ0) is 21.3. The summed E-state index contributed by atoms with van der Waals surface area (Å²) in [7, 11) is 0. The number of allylic oxidation sites excluding steroid dienone is 1. The standard InChI is InChI=1S/C25H36N2O3/c1-3-5-6-7-8-9-18-30-24-20-26-25(27-21-24)22-12-14-23(15-13-22)29-19-11-10-17-28-16-4-2/h3,12-15,20-21H,1,4-11,16-19H2,2H3. The van der Waals surface area contributed by atoms with E-state index in [0.717, 1.165) is 56.6 Å². The van der Waals surface area contributed by atoms with Gasteiger partial charge in [0.1, 0.15) is 5.75 Å². The fourth-order valence-electron chi connectivity index (χ4n) is 2.92. The molecule has 0 aliphatic rings. The van der Waals surface area contributed by atoms with Gasteiger partial charge in [0.2, 0.25) is 0 Å². The van der Waals surface area contributed by atoms with Crippen molar-refractivity contribution in [2.75, 3.05) is 26.4 Å². The van der Waals surface area contributed by atoms with Crippen LogP contribution in [-0.2, 0) is 4.74 Å². The predicted molar refractivity (Wildman–Crippen MR) is 122 cm³/mol. The lowest BCUT2D eigenvalue weighted by molar-refractivity contribution is 0.127. The van der Waals surface area contributed by atoms with Crippen LogP contribution in [-0.4, -0.2) is 36.4 Å². The van der Waals surface area contributed by atoms with E-state index in [0.29, 0.717) is 24.8 Å². The lowest BCUT2D eigenvalue weighted by atomic mass is 10.1. The number of unbranched alkanes of at least 4 members (excludes halogenated alkanes) is 5. The van der Waals surface area contributed by atoms with Crippen LogP contribution in [0.5, 0.6) is 11.5 Å². The van der Waals surface area contributed by atoms with Gasteiger partial charge in [0.05, 0.1) is 25.6 Å². The van der Waals surface area contributed by atoms with Crippen LogP contribution in [0.25, 0.3) is 11.4 Å². The summed E-state index contributed by atoms with van der Waals surface area (Å²) in [5.41, 5.74) is 0.962. The molecule has 2 rings (SSSR count). The van der Waals surface area contributed by atoms with Crippen molar-refractivity contribution in [3.63, 3.8) is 0 Å². The summed E-state index contributed by atoms with van der Waals surface area (Å²) in [6.07, 6.45) is 14.3. The molecular formula is C25H36N2O3. The minimum Gasteiger partial charge on any atom is -0.494 e. The van der Waals surface area contributed by atoms with Crippen molar-refractivity contribution in [1.82, 2.24) is 9.97 Å². The van der Waals surface area contributed by atoms with E-state index in [1.54, 1.807) is 12.4 Å². The van der Waals surface area contributed by atoms with Gasteiger partial charge in [-0.1, -0.05) is 25.8 Å². The Balaban J connectivity index is 1.66. The van der Waals surface area contributed by atoms with Gasteiger partial charge in [-0.05, 0) is 62.8 Å². The summed E-state index contributed by atoms with van der Waals surface area (Å²) in [6, 6.07) is 7.89. The van der Waals surface area contributed by atoms with Crippen molar-refractivity contribution < 1.29 is 14.2 Å². The summed E-state index contributed by atoms with van der Waals surface area (Å²) in [5, 5.41) is 0. The molecule has 0 saturated carbocycles. The molecule has 0 bridgehead atoms. The van der Waals surface area contributed by atoms with Gasteiger partial charge < -0.3 is 14.2 Å². The third kappa shape index (κ3) is 9.88. The first-order chi connectivity index (χ1) is 14.8. The smallest absolute Gasteiger partial charge is 0.159 e. The van der Waals surface area contributed by atoms with Crippen LogP contribution in [0.1, 0.15) is 58.3 Å². The second-order valence-corrected chi connectivity index (χ2v) is 7.27. The second kappa shape index (κ2) is 15.4. The van der Waals surface area contributed by atoms with Crippen molar-refractivity contribution in [1.29, 1.82) is 0 Å². The third-order valence-electron chi connectivity index (χ3n) is 4.61. The van der Waals surface area contributed by atoms with E-state index < -0.39 is 0 Å². The molecule has 0 radical (unpaired) electrons. The predicted octanol–water partition coefficient (Wildman–Crippen LogP) is 6.24. The lowest BCUT2D eigenvalue weighted by Gasteiger charge is -2.08. The summed E-state index contributed by atoms with van der Waals surface area (Å²) >= 11 is 0. The van der Waals surface area contributed by atoms with E-state index in [2.05, 4.69) is 23.5 Å². The maximum Gasteiger partial charge on any atom is 0.159 e. The highest BCUT2D eigenvalue weighted by Gasteiger charge is 2.03. The number of benzene rings is 1. The highest BCUT2D eigenvalue weighted by atomic mass is 16.5. The Labute approximate surface area is 181 Å². The number of rotatable bonds is 17. The number of hydrogen-bond acceptors (Lipinski definition) is 5. The number of aromatic nitrogens is 2. The van der Waals surface area contributed by atoms with E-state index in [9.17, 15) is 0 Å². The molecule has 30 heavy (non-hydrogen) atoms. The molecule has 0 unspecified atom stereocenters. The van der Waals surface area contributed by atoms with Gasteiger partial charge >= 0.3 is 0 Å². The van der Waals surface area contributed by atoms with E-state index in [1.807, 2.05) is 30.3 Å². The average Bonchev–Trinajstić information content (AvgIpc) is 2.79. The van der Waals surface area contributed by atoms with Crippen molar-refractivity contribution >= 4 is 0 Å². The zero-order valence-electron chi connectivity index (χ0n) is 18.4. The Morgan fingerprint density at radius 1 is 0.767 bits per heavy atom. The first-order valence-electron chi connectivity index (χ1n) is 11.2. The number of nitrogens with zero attached hydrogens (tertiary/aromatic N) is 2. The molecule has 0 N–H and O–H groups in total. The molecule has 1 heterocycles. The molecule has 1 aromatic heterocycles. The molecule has 0 amide bonds. The Bertz CT molecular complexity index is 687. The molecule has 5 heteroatoms. The van der Waals surface area contributed by atoms with Crippen LogP contribution in [0.2, 0.25) is 0 Å². The van der Waals surface area contributed by atoms with E-state index in [1.165, 1.54) is 19.3 Å². The number of hydrogen-bond donors (Lipinski definition) is 0. The van der Waals surface area contributed by atoms with Gasteiger partial charge in [-0.25, -0.2) is 9.97 Å². The molecular weight excluding hydrogens is 376 g/mol. The first kappa shape index (κ1) is 23.9. The molecule has 0 saturated heterocycles. The van der Waals surface area contributed by atoms with Gasteiger partial charge in [-0.15, -0.1) is 6.58 Å². The van der Waals surface area contributed by atoms with Gasteiger partial charge in [0.15, 0.2) is 11.6 Å². The average molecular weight is 413 g/mol. The van der Waals surface area contributed by atoms with Crippen molar-refractivity contribution in [3.05, 3.63) is 49.3 Å². The molecule has 1 aromatic carbocycles. The van der Waals surface area contributed by atoms with Crippen molar-refractivity contribution in [3.8, 4) is 22.9 Å². The quantitative estimate of drug-likeness (QED) is 0.227. The van der Waals surface area contributed by atoms with E-state index >= 15 is 0 Å². The van der Waals surface area contributed by atoms with Gasteiger partial charge in [-0.3, -0.25) is 0 Å². The van der Waals surface area contributed by atoms with Gasteiger partial charge in [0, 0.05) is 18.8 Å². The monoisotopic (exact) mass is 412 g/mol. The van der Waals surface area contributed by atoms with Gasteiger partial charge in [0.25, 0.3) is 0 Å². The van der Waals surface area contributed by atoms with Crippen LogP contribution >= 0.6 is 0 Å². The SMILES string of the molecule is C=CCCCCCCOc1cnc(-c2ccc(OCCCCOCCC)cc2)nc1. The fourth-order valence-corrected chi connectivity index (χ4v) is 2.92. The van der Waals surface area contributed by atoms with E-state index in [4.69, 9.17) is 14.2 Å². The second-order valence-electron chi connectivity index (χ2n) is 7.27. The Morgan fingerprint density at radius 2 is 1.40 bits per heavy atom. The molecule has 2 aromatic rings. The molecule has 0 aliphatic carbocycles. The summed E-state index contributed by atoms with van der Waals surface area (Å²) in [5.74, 6) is 2.26. The fraction of sp³-hybridized carbons (Fsp3) is 0.520. The largest absolute Gasteiger partial charge is 0.494 e. The van der Waals surface area contributed by atoms with Crippen LogP contribution < -0.4 is 9.47 Å². The normalized spacial score (nSPS) is 10.7. The third-order valence-corrected chi connectivity index (χ3v) is 4.61. The molecule has 5 nitrogen and oxygen atoms in total. The van der Waals surface area contributed by atoms with E-state index in [-0.39, 0.29) is 0 Å². The van der Waals surface area contributed by atoms with Crippen LogP contribution in [0.4, 0.5) is 0 Å². The molecule has 0 spiro atoms. The zero-order valence-corrected chi connectivity index (χ0v) is 18.4. The Morgan fingerprint density at radius 3 is 2.10 bits per heavy atom. The first-order valence-corrected chi connectivity index (χ1v) is 11.2. The van der Waals surface area contributed by atoms with Crippen LogP contribution in [0.15, 0.2) is 49.3 Å². The van der Waals surface area contributed by atoms with Crippen LogP contribution in [0.3, 0.4) is 0 Å². The highest BCUT2D eigenvalue weighted by molar-refractivity contribution is 5.56. The van der Waals surface area contributed by atoms with Crippen molar-refractivity contribution in [2.24, 2.45) is 0 Å². The molecule has 0 atom stereocenters. The van der Waals surface area contributed by atoms with Crippen LogP contribution in [0, 0.1) is 0 Å². The topological polar surface area (TPSA) is 53.5 Å². The number of ether oxygens (including phenoxy) is 3. The molecule has 164 valence electrons. The minimum atomic E-state index is 0.686. The summed E-state index contributed by atoms with van der Waals surface area (Å²) < 4.78 is 17.0. The van der Waals surface area contributed by atoms with Crippen molar-refractivity contribution in [2.45, 2.75) is 58.3 Å². The van der Waals surface area contributed by atoms with Gasteiger partial charge in [-0.2, -0.15) is 0 Å². The Hall–Kier alpha value is -2.40. The minimum absolute atomic E-state index is 0.686. The summed E-state index contributed by atoms with van der Waals surface area (Å²) in [4.78, 5) is 8.85.